The van der Waals surface area contributed by atoms with Crippen LogP contribution in [0.5, 0.6) is 5.75 Å². The Kier molecular flexibility index (Phi) is 4.87. The van der Waals surface area contributed by atoms with Gasteiger partial charge in [0.25, 0.3) is 0 Å². The Hall–Kier alpha value is -0.770. The fraction of sp³-hybridized carbons (Fsp3) is 0.571. The van der Waals surface area contributed by atoms with Gasteiger partial charge in [0.15, 0.2) is 0 Å². The van der Waals surface area contributed by atoms with Crippen molar-refractivity contribution in [1.82, 2.24) is 4.90 Å². The van der Waals surface area contributed by atoms with E-state index in [1.165, 1.54) is 19.3 Å². The Labute approximate surface area is 114 Å². The average Bonchev–Trinajstić information content (AvgIpc) is 2.40. The number of benzene rings is 1. The summed E-state index contributed by atoms with van der Waals surface area (Å²) in [5.74, 6) is 0.903. The molecule has 1 aliphatic heterocycles. The van der Waals surface area contributed by atoms with Crippen molar-refractivity contribution in [1.29, 1.82) is 0 Å². The van der Waals surface area contributed by atoms with Crippen LogP contribution in [0.1, 0.15) is 24.8 Å². The van der Waals surface area contributed by atoms with E-state index in [2.05, 4.69) is 4.90 Å². The average molecular weight is 269 g/mol. The number of hydrogen-bond donors (Lipinski definition) is 1. The number of likely N-dealkylation sites (tertiary alicyclic amines) is 1. The van der Waals surface area contributed by atoms with E-state index in [1.54, 1.807) is 7.11 Å². The molecule has 4 heteroatoms. The lowest BCUT2D eigenvalue weighted by Gasteiger charge is -2.35. The molecule has 100 valence electrons. The normalized spacial score (nSPS) is 20.9. The largest absolute Gasteiger partial charge is 0.496 e. The van der Waals surface area contributed by atoms with Gasteiger partial charge in [-0.15, -0.1) is 0 Å². The second kappa shape index (κ2) is 6.41. The topological polar surface area (TPSA) is 38.5 Å². The Morgan fingerprint density at radius 3 is 3.00 bits per heavy atom. The van der Waals surface area contributed by atoms with Crippen LogP contribution in [-0.4, -0.2) is 31.1 Å². The molecule has 1 atom stereocenters. The van der Waals surface area contributed by atoms with Crippen LogP contribution in [0.25, 0.3) is 0 Å². The van der Waals surface area contributed by atoms with E-state index < -0.39 is 0 Å². The quantitative estimate of drug-likeness (QED) is 0.912. The summed E-state index contributed by atoms with van der Waals surface area (Å²) in [6, 6.07) is 6.27. The molecule has 2 N–H and O–H groups in total. The number of methoxy groups -OCH3 is 1. The minimum absolute atomic E-state index is 0.488. The summed E-state index contributed by atoms with van der Waals surface area (Å²) >= 11 is 6.06. The van der Waals surface area contributed by atoms with Gasteiger partial charge in [-0.1, -0.05) is 18.0 Å². The molecule has 3 nitrogen and oxygen atoms in total. The van der Waals surface area contributed by atoms with Crippen molar-refractivity contribution in [3.63, 3.8) is 0 Å². The van der Waals surface area contributed by atoms with Gasteiger partial charge in [0.1, 0.15) is 5.75 Å². The van der Waals surface area contributed by atoms with Crippen molar-refractivity contribution in [2.45, 2.75) is 31.8 Å². The van der Waals surface area contributed by atoms with Gasteiger partial charge in [0.2, 0.25) is 0 Å². The maximum absolute atomic E-state index is 6.06. The first-order valence-corrected chi connectivity index (χ1v) is 6.89. The molecule has 0 amide bonds. The molecular weight excluding hydrogens is 248 g/mol. The van der Waals surface area contributed by atoms with E-state index in [4.69, 9.17) is 22.1 Å². The third kappa shape index (κ3) is 3.16. The molecule has 0 bridgehead atoms. The molecule has 0 saturated carbocycles. The van der Waals surface area contributed by atoms with Crippen molar-refractivity contribution in [3.8, 4) is 5.75 Å². The van der Waals surface area contributed by atoms with E-state index in [-0.39, 0.29) is 0 Å². The van der Waals surface area contributed by atoms with E-state index in [0.29, 0.717) is 6.04 Å². The number of halogens is 1. The monoisotopic (exact) mass is 268 g/mol. The molecule has 1 aliphatic rings. The summed E-state index contributed by atoms with van der Waals surface area (Å²) in [6.45, 7) is 2.70. The van der Waals surface area contributed by atoms with Crippen LogP contribution in [-0.2, 0) is 6.54 Å². The minimum Gasteiger partial charge on any atom is -0.496 e. The Morgan fingerprint density at radius 1 is 1.44 bits per heavy atom. The van der Waals surface area contributed by atoms with E-state index >= 15 is 0 Å². The number of hydrogen-bond acceptors (Lipinski definition) is 3. The highest BCUT2D eigenvalue weighted by Gasteiger charge is 2.22. The van der Waals surface area contributed by atoms with Crippen molar-refractivity contribution in [2.24, 2.45) is 5.73 Å². The van der Waals surface area contributed by atoms with Crippen LogP contribution in [0.15, 0.2) is 18.2 Å². The predicted octanol–water partition coefficient (Wildman–Crippen LogP) is 2.66. The maximum Gasteiger partial charge on any atom is 0.123 e. The first-order chi connectivity index (χ1) is 8.74. The van der Waals surface area contributed by atoms with Crippen LogP contribution < -0.4 is 10.5 Å². The van der Waals surface area contributed by atoms with Gasteiger partial charge < -0.3 is 10.5 Å². The summed E-state index contributed by atoms with van der Waals surface area (Å²) in [7, 11) is 1.70. The Balaban J connectivity index is 2.14. The molecule has 1 aromatic carbocycles. The molecule has 0 aliphatic carbocycles. The van der Waals surface area contributed by atoms with Crippen molar-refractivity contribution in [3.05, 3.63) is 28.8 Å². The molecule has 2 rings (SSSR count). The zero-order valence-corrected chi connectivity index (χ0v) is 11.6. The van der Waals surface area contributed by atoms with Gasteiger partial charge in [-0.3, -0.25) is 4.90 Å². The van der Waals surface area contributed by atoms with Gasteiger partial charge in [0.05, 0.1) is 7.11 Å². The summed E-state index contributed by atoms with van der Waals surface area (Å²) in [5, 5.41) is 0.757. The first-order valence-electron chi connectivity index (χ1n) is 6.51. The number of rotatable bonds is 4. The second-order valence-corrected chi connectivity index (χ2v) is 5.25. The molecule has 0 radical (unpaired) electrons. The second-order valence-electron chi connectivity index (χ2n) is 4.81. The lowest BCUT2D eigenvalue weighted by Crippen LogP contribution is -2.43. The number of ether oxygens (including phenoxy) is 1. The highest BCUT2D eigenvalue weighted by atomic mass is 35.5. The third-order valence-electron chi connectivity index (χ3n) is 3.64. The molecule has 0 aromatic heterocycles. The summed E-state index contributed by atoms with van der Waals surface area (Å²) in [6.07, 6.45) is 3.73. The fourth-order valence-corrected chi connectivity index (χ4v) is 2.82. The highest BCUT2D eigenvalue weighted by Crippen LogP contribution is 2.26. The number of piperidine rings is 1. The van der Waals surface area contributed by atoms with Gasteiger partial charge in [-0.25, -0.2) is 0 Å². The highest BCUT2D eigenvalue weighted by molar-refractivity contribution is 6.30. The molecule has 1 heterocycles. The summed E-state index contributed by atoms with van der Waals surface area (Å²) in [5.41, 5.74) is 6.99. The first kappa shape index (κ1) is 13.7. The third-order valence-corrected chi connectivity index (χ3v) is 3.87. The van der Waals surface area contributed by atoms with Crippen LogP contribution >= 0.6 is 11.6 Å². The van der Waals surface area contributed by atoms with Crippen LogP contribution in [0.2, 0.25) is 5.02 Å². The fourth-order valence-electron chi connectivity index (χ4n) is 2.62. The van der Waals surface area contributed by atoms with Crippen molar-refractivity contribution < 1.29 is 4.74 Å². The standard InChI is InChI=1S/C14H21ClN2O/c1-18-14-6-5-12(15)8-11(14)10-17-7-3-2-4-13(17)9-16/h5-6,8,13H,2-4,7,9-10,16H2,1H3. The molecule has 1 fully saturated rings. The Morgan fingerprint density at radius 2 is 2.28 bits per heavy atom. The van der Waals surface area contributed by atoms with Crippen LogP contribution in [0.4, 0.5) is 0 Å². The summed E-state index contributed by atoms with van der Waals surface area (Å²) in [4.78, 5) is 2.44. The van der Waals surface area contributed by atoms with Crippen molar-refractivity contribution >= 4 is 11.6 Å². The molecular formula is C14H21ClN2O. The number of nitrogens with zero attached hydrogens (tertiary/aromatic N) is 1. The SMILES string of the molecule is COc1ccc(Cl)cc1CN1CCCCC1CN. The van der Waals surface area contributed by atoms with Gasteiger partial charge in [0, 0.05) is 29.7 Å². The van der Waals surface area contributed by atoms with Crippen LogP contribution in [0.3, 0.4) is 0 Å². The zero-order valence-electron chi connectivity index (χ0n) is 10.9. The lowest BCUT2D eigenvalue weighted by atomic mass is 10.0. The van der Waals surface area contributed by atoms with E-state index in [1.807, 2.05) is 18.2 Å². The minimum atomic E-state index is 0.488. The molecule has 0 spiro atoms. The van der Waals surface area contributed by atoms with Crippen molar-refractivity contribution in [2.75, 3.05) is 20.2 Å². The lowest BCUT2D eigenvalue weighted by molar-refractivity contribution is 0.143. The number of nitrogens with two attached hydrogens (primary N) is 1. The molecule has 1 unspecified atom stereocenters. The van der Waals surface area contributed by atoms with E-state index in [0.717, 1.165) is 36.0 Å². The summed E-state index contributed by atoms with van der Waals surface area (Å²) < 4.78 is 5.39. The van der Waals surface area contributed by atoms with Gasteiger partial charge in [-0.2, -0.15) is 0 Å². The zero-order chi connectivity index (χ0) is 13.0. The van der Waals surface area contributed by atoms with Gasteiger partial charge in [-0.05, 0) is 37.6 Å². The molecule has 18 heavy (non-hydrogen) atoms. The smallest absolute Gasteiger partial charge is 0.123 e. The van der Waals surface area contributed by atoms with Crippen LogP contribution in [0, 0.1) is 0 Å². The van der Waals surface area contributed by atoms with Gasteiger partial charge >= 0.3 is 0 Å². The molecule has 1 saturated heterocycles. The maximum atomic E-state index is 6.06. The molecule has 1 aromatic rings. The Bertz CT molecular complexity index is 397. The van der Waals surface area contributed by atoms with E-state index in [9.17, 15) is 0 Å². The predicted molar refractivity (Wildman–Crippen MR) is 75.1 cm³/mol.